The highest BCUT2D eigenvalue weighted by atomic mass is 16.6. The van der Waals surface area contributed by atoms with Gasteiger partial charge in [-0.05, 0) is 47.5 Å². The largest absolute Gasteiger partial charge is 0.504 e. The molecule has 0 saturated heterocycles. The van der Waals surface area contributed by atoms with Crippen LogP contribution in [0.1, 0.15) is 24.0 Å². The highest BCUT2D eigenvalue weighted by molar-refractivity contribution is 5.88. The smallest absolute Gasteiger partial charge is 0.335 e. The maximum atomic E-state index is 12.5. The number of esters is 2. The van der Waals surface area contributed by atoms with Gasteiger partial charge in [-0.3, -0.25) is 0 Å². The van der Waals surface area contributed by atoms with Crippen molar-refractivity contribution in [1.29, 1.82) is 0 Å². The van der Waals surface area contributed by atoms with Crippen LogP contribution in [0, 0.1) is 0 Å². The van der Waals surface area contributed by atoms with Gasteiger partial charge in [-0.2, -0.15) is 0 Å². The molecule has 12 heteroatoms. The molecule has 5 N–H and O–H groups in total. The molecule has 12 nitrogen and oxygen atoms in total. The molecule has 1 fully saturated rings. The van der Waals surface area contributed by atoms with E-state index in [4.69, 9.17) is 18.9 Å². The van der Waals surface area contributed by atoms with Crippen molar-refractivity contribution in [1.82, 2.24) is 0 Å². The number of aliphatic hydroxyl groups is 2. The van der Waals surface area contributed by atoms with Gasteiger partial charge in [0.1, 0.15) is 6.10 Å². The van der Waals surface area contributed by atoms with E-state index in [-0.39, 0.29) is 23.0 Å². The molecule has 2 aromatic carbocycles. The molecule has 0 radical (unpaired) electrons. The van der Waals surface area contributed by atoms with Crippen LogP contribution in [-0.4, -0.2) is 81.6 Å². The number of methoxy groups -OCH3 is 2. The van der Waals surface area contributed by atoms with Crippen LogP contribution in [0.2, 0.25) is 0 Å². The second kappa shape index (κ2) is 12.3. The number of aliphatic carboxylic acids is 1. The number of phenols is 2. The first-order valence-electron chi connectivity index (χ1n) is 11.6. The first-order chi connectivity index (χ1) is 18.4. The van der Waals surface area contributed by atoms with E-state index in [1.54, 1.807) is 0 Å². The number of carboxylic acid groups (broad SMARTS) is 1. The molecule has 1 saturated carbocycles. The average Bonchev–Trinajstić information content (AvgIpc) is 2.89. The summed E-state index contributed by atoms with van der Waals surface area (Å²) >= 11 is 0. The average molecular weight is 545 g/mol. The number of hydrogen-bond donors (Lipinski definition) is 5. The van der Waals surface area contributed by atoms with Crippen LogP contribution >= 0.6 is 0 Å². The lowest BCUT2D eigenvalue weighted by molar-refractivity contribution is -0.204. The predicted octanol–water partition coefficient (Wildman–Crippen LogP) is 1.64. The number of aromatic hydroxyl groups is 2. The van der Waals surface area contributed by atoms with Gasteiger partial charge >= 0.3 is 17.9 Å². The van der Waals surface area contributed by atoms with Crippen LogP contribution in [0.15, 0.2) is 48.6 Å². The standard InChI is InChI=1S/C27H28O12/c1-36-20-11-15(3-7-17(20)28)5-9-23(31)38-22-14-27(35,26(33)34)13-19(30)25(22)39-24(32)10-6-16-4-8-18(29)21(12-16)37-2/h3-12,19,22,25,28-30,35H,13-14H2,1-2H3,(H,33,34)/b9-5+,10-6+/t19-,22-,25-,27+/m1/s1. The van der Waals surface area contributed by atoms with Crippen LogP contribution < -0.4 is 9.47 Å². The molecule has 4 atom stereocenters. The van der Waals surface area contributed by atoms with E-state index in [2.05, 4.69) is 0 Å². The third-order valence-corrected chi connectivity index (χ3v) is 5.98. The number of carbonyl (C=O) groups excluding carboxylic acids is 2. The maximum absolute atomic E-state index is 12.5. The number of benzene rings is 2. The summed E-state index contributed by atoms with van der Waals surface area (Å²) in [6.07, 6.45) is -1.27. The number of aliphatic hydroxyl groups excluding tert-OH is 1. The summed E-state index contributed by atoms with van der Waals surface area (Å²) in [6.45, 7) is 0. The van der Waals surface area contributed by atoms with E-state index in [0.29, 0.717) is 11.1 Å². The van der Waals surface area contributed by atoms with Crippen LogP contribution in [0.5, 0.6) is 23.0 Å². The first-order valence-corrected chi connectivity index (χ1v) is 11.6. The molecule has 0 bridgehead atoms. The Balaban J connectivity index is 1.76. The van der Waals surface area contributed by atoms with Crippen LogP contribution in [0.3, 0.4) is 0 Å². The van der Waals surface area contributed by atoms with Crippen molar-refractivity contribution in [3.05, 3.63) is 59.7 Å². The summed E-state index contributed by atoms with van der Waals surface area (Å²) in [4.78, 5) is 36.7. The first kappa shape index (κ1) is 29.0. The van der Waals surface area contributed by atoms with Crippen molar-refractivity contribution in [3.63, 3.8) is 0 Å². The Bertz CT molecular complexity index is 1280. The molecule has 3 rings (SSSR count). The van der Waals surface area contributed by atoms with Gasteiger partial charge in [0.2, 0.25) is 0 Å². The third kappa shape index (κ3) is 7.27. The molecule has 39 heavy (non-hydrogen) atoms. The summed E-state index contributed by atoms with van der Waals surface area (Å²) in [5.41, 5.74) is -1.49. The van der Waals surface area contributed by atoms with E-state index in [1.165, 1.54) is 62.8 Å². The molecule has 0 amide bonds. The van der Waals surface area contributed by atoms with Gasteiger partial charge in [0.15, 0.2) is 34.7 Å². The normalized spacial score (nSPS) is 22.9. The lowest BCUT2D eigenvalue weighted by Gasteiger charge is -2.40. The Morgan fingerprint density at radius 2 is 1.33 bits per heavy atom. The topological polar surface area (TPSA) is 189 Å². The minimum Gasteiger partial charge on any atom is -0.504 e. The second-order valence-electron chi connectivity index (χ2n) is 8.72. The number of phenolic OH excluding ortho intramolecular Hbond substituents is 2. The molecule has 208 valence electrons. The van der Waals surface area contributed by atoms with Crippen molar-refractivity contribution < 1.29 is 58.9 Å². The second-order valence-corrected chi connectivity index (χ2v) is 8.72. The highest BCUT2D eigenvalue weighted by Crippen LogP contribution is 2.34. The van der Waals surface area contributed by atoms with Gasteiger partial charge < -0.3 is 44.5 Å². The van der Waals surface area contributed by atoms with Crippen LogP contribution in [0.25, 0.3) is 12.2 Å². The summed E-state index contributed by atoms with van der Waals surface area (Å²) in [6, 6.07) is 8.63. The Kier molecular flexibility index (Phi) is 9.17. The minimum absolute atomic E-state index is 0.100. The highest BCUT2D eigenvalue weighted by Gasteiger charge is 2.52. The molecule has 0 aliphatic heterocycles. The lowest BCUT2D eigenvalue weighted by Crippen LogP contribution is -2.58. The maximum Gasteiger partial charge on any atom is 0.335 e. The van der Waals surface area contributed by atoms with Crippen molar-refractivity contribution in [2.45, 2.75) is 36.8 Å². The van der Waals surface area contributed by atoms with Crippen LogP contribution in [-0.2, 0) is 23.9 Å². The van der Waals surface area contributed by atoms with Crippen molar-refractivity contribution in [3.8, 4) is 23.0 Å². The van der Waals surface area contributed by atoms with E-state index in [0.717, 1.165) is 12.2 Å². The van der Waals surface area contributed by atoms with Crippen molar-refractivity contribution >= 4 is 30.1 Å². The van der Waals surface area contributed by atoms with E-state index >= 15 is 0 Å². The van der Waals surface area contributed by atoms with Gasteiger partial charge in [-0.25, -0.2) is 14.4 Å². The molecular formula is C27H28O12. The molecule has 0 heterocycles. The zero-order valence-corrected chi connectivity index (χ0v) is 21.0. The van der Waals surface area contributed by atoms with Gasteiger partial charge in [-0.15, -0.1) is 0 Å². The fraction of sp³-hybridized carbons (Fsp3) is 0.296. The molecule has 0 spiro atoms. The van der Waals surface area contributed by atoms with Crippen LogP contribution in [0.4, 0.5) is 0 Å². The van der Waals surface area contributed by atoms with Gasteiger partial charge in [0, 0.05) is 25.0 Å². The number of carboxylic acids is 1. The molecule has 0 aromatic heterocycles. The predicted molar refractivity (Wildman–Crippen MR) is 135 cm³/mol. The minimum atomic E-state index is -2.43. The van der Waals surface area contributed by atoms with E-state index in [1.807, 2.05) is 0 Å². The van der Waals surface area contributed by atoms with Gasteiger partial charge in [0.25, 0.3) is 0 Å². The molecule has 1 aliphatic carbocycles. The quantitative estimate of drug-likeness (QED) is 0.227. The Morgan fingerprint density at radius 1 is 0.846 bits per heavy atom. The van der Waals surface area contributed by atoms with Crippen molar-refractivity contribution in [2.75, 3.05) is 14.2 Å². The number of carbonyl (C=O) groups is 3. The fourth-order valence-electron chi connectivity index (χ4n) is 3.97. The van der Waals surface area contributed by atoms with E-state index < -0.39 is 54.7 Å². The monoisotopic (exact) mass is 544 g/mol. The number of rotatable bonds is 9. The molecule has 0 unspecified atom stereocenters. The zero-order valence-electron chi connectivity index (χ0n) is 21.0. The fourth-order valence-corrected chi connectivity index (χ4v) is 3.97. The Labute approximate surface area is 222 Å². The van der Waals surface area contributed by atoms with Crippen molar-refractivity contribution in [2.24, 2.45) is 0 Å². The summed E-state index contributed by atoms with van der Waals surface area (Å²) < 4.78 is 20.6. The lowest BCUT2D eigenvalue weighted by atomic mass is 9.79. The molecule has 2 aromatic rings. The molecule has 1 aliphatic rings. The SMILES string of the molecule is COc1cc(/C=C/C(=O)O[C@@H]2[C@H](O)C[C@@](O)(C(=O)O)C[C@H]2OC(=O)/C=C/c2ccc(O)c(OC)c2)ccc1O. The summed E-state index contributed by atoms with van der Waals surface area (Å²) in [5, 5.41) is 49.8. The zero-order chi connectivity index (χ0) is 28.7. The molecular weight excluding hydrogens is 516 g/mol. The Morgan fingerprint density at radius 3 is 1.79 bits per heavy atom. The van der Waals surface area contributed by atoms with Gasteiger partial charge in [-0.1, -0.05) is 12.1 Å². The summed E-state index contributed by atoms with van der Waals surface area (Å²) in [7, 11) is 2.71. The summed E-state index contributed by atoms with van der Waals surface area (Å²) in [5.74, 6) is -3.42. The Hall–Kier alpha value is -4.55. The number of hydrogen-bond acceptors (Lipinski definition) is 11. The third-order valence-electron chi connectivity index (χ3n) is 5.98. The number of ether oxygens (including phenoxy) is 4. The van der Waals surface area contributed by atoms with E-state index in [9.17, 15) is 39.9 Å². The van der Waals surface area contributed by atoms with Gasteiger partial charge in [0.05, 0.1) is 20.3 Å².